The third kappa shape index (κ3) is 4.54. The van der Waals surface area contributed by atoms with Crippen molar-refractivity contribution in [2.75, 3.05) is 13.2 Å². The SMILES string of the molecule is C=CC[C@H]([C@H]1COC(C)(C)O1)N(CC=C)[C@@H](C)c1ccccc1. The Bertz CT molecular complexity index is 512. The number of ether oxygens (including phenoxy) is 2. The highest BCUT2D eigenvalue weighted by Crippen LogP contribution is 2.32. The Labute approximate surface area is 140 Å². The lowest BCUT2D eigenvalue weighted by molar-refractivity contribution is -0.147. The van der Waals surface area contributed by atoms with Gasteiger partial charge in [0.15, 0.2) is 5.79 Å². The standard InChI is InChI=1S/C20H29NO2/c1-6-11-18(19-15-22-20(4,5)23-19)21(14-7-2)16(3)17-12-9-8-10-13-17/h6-10,12-13,16,18-19H,1-2,11,14-15H2,3-5H3/t16-,18+,19+/m0/s1. The first-order valence-corrected chi connectivity index (χ1v) is 8.32. The van der Waals surface area contributed by atoms with Crippen molar-refractivity contribution in [3.8, 4) is 0 Å². The molecule has 0 aliphatic carbocycles. The number of hydrogen-bond acceptors (Lipinski definition) is 3. The lowest BCUT2D eigenvalue weighted by Crippen LogP contribution is -2.46. The molecule has 1 saturated heterocycles. The molecule has 1 aromatic carbocycles. The van der Waals surface area contributed by atoms with Crippen LogP contribution in [0.3, 0.4) is 0 Å². The molecule has 1 aromatic rings. The lowest BCUT2D eigenvalue weighted by Gasteiger charge is -2.38. The molecular formula is C20H29NO2. The Hall–Kier alpha value is -1.42. The van der Waals surface area contributed by atoms with E-state index >= 15 is 0 Å². The molecule has 0 N–H and O–H groups in total. The predicted octanol–water partition coefficient (Wildman–Crippen LogP) is 4.33. The Balaban J connectivity index is 2.24. The van der Waals surface area contributed by atoms with Crippen LogP contribution in [0.4, 0.5) is 0 Å². The molecule has 3 atom stereocenters. The van der Waals surface area contributed by atoms with Gasteiger partial charge in [0.1, 0.15) is 6.10 Å². The Morgan fingerprint density at radius 2 is 1.96 bits per heavy atom. The summed E-state index contributed by atoms with van der Waals surface area (Å²) in [5.74, 6) is -0.514. The van der Waals surface area contributed by atoms with Crippen LogP contribution in [0.1, 0.15) is 38.8 Å². The number of nitrogens with zero attached hydrogens (tertiary/aromatic N) is 1. The first kappa shape index (κ1) is 17.9. The van der Waals surface area contributed by atoms with Crippen LogP contribution < -0.4 is 0 Å². The second kappa shape index (κ2) is 7.91. The molecule has 0 aromatic heterocycles. The maximum Gasteiger partial charge on any atom is 0.163 e. The number of rotatable bonds is 8. The van der Waals surface area contributed by atoms with Crippen molar-refractivity contribution in [1.29, 1.82) is 0 Å². The zero-order valence-electron chi connectivity index (χ0n) is 14.6. The van der Waals surface area contributed by atoms with Crippen molar-refractivity contribution >= 4 is 0 Å². The van der Waals surface area contributed by atoms with Crippen molar-refractivity contribution in [2.24, 2.45) is 0 Å². The Morgan fingerprint density at radius 1 is 1.26 bits per heavy atom. The normalized spacial score (nSPS) is 22.7. The molecule has 0 radical (unpaired) electrons. The minimum atomic E-state index is -0.514. The summed E-state index contributed by atoms with van der Waals surface area (Å²) in [6.07, 6.45) is 4.81. The monoisotopic (exact) mass is 315 g/mol. The molecule has 0 saturated carbocycles. The van der Waals surface area contributed by atoms with Gasteiger partial charge in [-0.25, -0.2) is 0 Å². The van der Waals surface area contributed by atoms with Crippen molar-refractivity contribution < 1.29 is 9.47 Å². The molecule has 2 rings (SSSR count). The molecule has 0 spiro atoms. The average molecular weight is 315 g/mol. The van der Waals surface area contributed by atoms with E-state index in [0.29, 0.717) is 6.61 Å². The fraction of sp³-hybridized carbons (Fsp3) is 0.500. The van der Waals surface area contributed by atoms with E-state index in [-0.39, 0.29) is 18.2 Å². The van der Waals surface area contributed by atoms with Crippen LogP contribution >= 0.6 is 0 Å². The van der Waals surface area contributed by atoms with Gasteiger partial charge in [0, 0.05) is 18.6 Å². The molecule has 1 heterocycles. The average Bonchev–Trinajstić information content (AvgIpc) is 2.91. The van der Waals surface area contributed by atoms with Gasteiger partial charge in [0.25, 0.3) is 0 Å². The summed E-state index contributed by atoms with van der Waals surface area (Å²) in [6.45, 7) is 15.5. The molecule has 0 bridgehead atoms. The molecule has 1 aliphatic heterocycles. The fourth-order valence-corrected chi connectivity index (χ4v) is 3.23. The van der Waals surface area contributed by atoms with Gasteiger partial charge in [-0.2, -0.15) is 0 Å². The molecule has 3 nitrogen and oxygen atoms in total. The highest BCUT2D eigenvalue weighted by atomic mass is 16.7. The third-order valence-corrected chi connectivity index (χ3v) is 4.41. The van der Waals surface area contributed by atoms with E-state index in [4.69, 9.17) is 9.47 Å². The van der Waals surface area contributed by atoms with E-state index in [1.165, 1.54) is 5.56 Å². The number of benzene rings is 1. The first-order chi connectivity index (χ1) is 11.0. The third-order valence-electron chi connectivity index (χ3n) is 4.41. The fourth-order valence-electron chi connectivity index (χ4n) is 3.23. The van der Waals surface area contributed by atoms with Crippen LogP contribution in [0.2, 0.25) is 0 Å². The molecular weight excluding hydrogens is 286 g/mol. The van der Waals surface area contributed by atoms with Gasteiger partial charge < -0.3 is 9.47 Å². The summed E-state index contributed by atoms with van der Waals surface area (Å²) < 4.78 is 11.9. The van der Waals surface area contributed by atoms with Crippen molar-refractivity contribution in [1.82, 2.24) is 4.90 Å². The van der Waals surface area contributed by atoms with E-state index in [1.54, 1.807) is 0 Å². The van der Waals surface area contributed by atoms with Gasteiger partial charge >= 0.3 is 0 Å². The minimum absolute atomic E-state index is 0.0362. The van der Waals surface area contributed by atoms with Crippen molar-refractivity contribution in [3.05, 3.63) is 61.2 Å². The van der Waals surface area contributed by atoms with E-state index in [1.807, 2.05) is 32.1 Å². The Morgan fingerprint density at radius 3 is 2.48 bits per heavy atom. The highest BCUT2D eigenvalue weighted by molar-refractivity contribution is 5.19. The topological polar surface area (TPSA) is 21.7 Å². The van der Waals surface area contributed by atoms with Crippen molar-refractivity contribution in [2.45, 2.75) is 51.2 Å². The quantitative estimate of drug-likeness (QED) is 0.666. The summed E-state index contributed by atoms with van der Waals surface area (Å²) in [5, 5.41) is 0. The lowest BCUT2D eigenvalue weighted by atomic mass is 9.99. The van der Waals surface area contributed by atoms with E-state index in [9.17, 15) is 0 Å². The van der Waals surface area contributed by atoms with Gasteiger partial charge in [-0.3, -0.25) is 4.90 Å². The van der Waals surface area contributed by atoms with Crippen LogP contribution in [-0.2, 0) is 9.47 Å². The zero-order valence-corrected chi connectivity index (χ0v) is 14.6. The molecule has 0 unspecified atom stereocenters. The first-order valence-electron chi connectivity index (χ1n) is 8.32. The second-order valence-corrected chi connectivity index (χ2v) is 6.53. The summed E-state index contributed by atoms with van der Waals surface area (Å²) in [7, 11) is 0. The smallest absolute Gasteiger partial charge is 0.163 e. The van der Waals surface area contributed by atoms with Crippen LogP contribution in [-0.4, -0.2) is 36.0 Å². The summed E-state index contributed by atoms with van der Waals surface area (Å²) in [6, 6.07) is 11.0. The minimum Gasteiger partial charge on any atom is -0.348 e. The van der Waals surface area contributed by atoms with Gasteiger partial charge in [0.05, 0.1) is 6.61 Å². The Kier molecular flexibility index (Phi) is 6.17. The second-order valence-electron chi connectivity index (χ2n) is 6.53. The molecule has 1 fully saturated rings. The molecule has 126 valence electrons. The molecule has 1 aliphatic rings. The largest absolute Gasteiger partial charge is 0.348 e. The summed E-state index contributed by atoms with van der Waals surface area (Å²) in [5.41, 5.74) is 1.29. The van der Waals surface area contributed by atoms with Gasteiger partial charge in [-0.15, -0.1) is 13.2 Å². The maximum atomic E-state index is 6.13. The zero-order chi connectivity index (χ0) is 16.9. The predicted molar refractivity (Wildman–Crippen MR) is 95.3 cm³/mol. The molecule has 23 heavy (non-hydrogen) atoms. The maximum absolute atomic E-state index is 6.13. The van der Waals surface area contributed by atoms with Crippen LogP contribution in [0, 0.1) is 0 Å². The number of hydrogen-bond donors (Lipinski definition) is 0. The summed E-state index contributed by atoms with van der Waals surface area (Å²) >= 11 is 0. The summed E-state index contributed by atoms with van der Waals surface area (Å²) in [4.78, 5) is 2.43. The van der Waals surface area contributed by atoms with Gasteiger partial charge in [-0.05, 0) is 32.8 Å². The van der Waals surface area contributed by atoms with Gasteiger partial charge in [-0.1, -0.05) is 42.5 Å². The van der Waals surface area contributed by atoms with Crippen LogP contribution in [0.25, 0.3) is 0 Å². The highest BCUT2D eigenvalue weighted by Gasteiger charge is 2.40. The van der Waals surface area contributed by atoms with Gasteiger partial charge in [0.2, 0.25) is 0 Å². The van der Waals surface area contributed by atoms with Crippen LogP contribution in [0.5, 0.6) is 0 Å². The van der Waals surface area contributed by atoms with E-state index in [0.717, 1.165) is 13.0 Å². The van der Waals surface area contributed by atoms with Crippen molar-refractivity contribution in [3.63, 3.8) is 0 Å². The van der Waals surface area contributed by atoms with Crippen LogP contribution in [0.15, 0.2) is 55.6 Å². The molecule has 3 heteroatoms. The van der Waals surface area contributed by atoms with E-state index in [2.05, 4.69) is 49.2 Å². The molecule has 0 amide bonds. The van der Waals surface area contributed by atoms with E-state index < -0.39 is 5.79 Å².